The van der Waals surface area contributed by atoms with Gasteiger partial charge in [0.05, 0.1) is 12.7 Å². The number of nitrogens with zero attached hydrogens (tertiary/aromatic N) is 2. The van der Waals surface area contributed by atoms with Crippen molar-refractivity contribution in [3.8, 4) is 0 Å². The summed E-state index contributed by atoms with van der Waals surface area (Å²) in [5, 5.41) is 0. The van der Waals surface area contributed by atoms with Crippen LogP contribution in [0.25, 0.3) is 0 Å². The van der Waals surface area contributed by atoms with Crippen molar-refractivity contribution in [3.05, 3.63) is 41.4 Å². The van der Waals surface area contributed by atoms with Crippen LogP contribution in [0, 0.1) is 5.41 Å². The molecule has 0 amide bonds. The van der Waals surface area contributed by atoms with Gasteiger partial charge in [-0.15, -0.1) is 0 Å². The molecule has 0 saturated carbocycles. The van der Waals surface area contributed by atoms with Gasteiger partial charge in [-0.2, -0.15) is 0 Å². The molecule has 0 spiro atoms. The van der Waals surface area contributed by atoms with Gasteiger partial charge < -0.3 is 8.98 Å². The summed E-state index contributed by atoms with van der Waals surface area (Å²) in [6.45, 7) is 6.93. The van der Waals surface area contributed by atoms with Crippen LogP contribution in [0.3, 0.4) is 0 Å². The average Bonchev–Trinajstić information content (AvgIpc) is 2.96. The summed E-state index contributed by atoms with van der Waals surface area (Å²) in [7, 11) is 0. The Morgan fingerprint density at radius 2 is 2.20 bits per heavy atom. The maximum absolute atomic E-state index is 12.2. The zero-order chi connectivity index (χ0) is 14.3. The third-order valence-corrected chi connectivity index (χ3v) is 3.92. The third-order valence-electron chi connectivity index (χ3n) is 3.92. The molecule has 1 aliphatic rings. The minimum Gasteiger partial charge on any atom is -0.444 e. The fourth-order valence-corrected chi connectivity index (χ4v) is 2.88. The molecule has 2 aromatic rings. The van der Waals surface area contributed by atoms with E-state index < -0.39 is 0 Å². The second kappa shape index (κ2) is 4.62. The van der Waals surface area contributed by atoms with Crippen molar-refractivity contribution in [2.75, 3.05) is 0 Å². The maximum atomic E-state index is 12.2. The van der Waals surface area contributed by atoms with Gasteiger partial charge in [0.15, 0.2) is 5.78 Å². The summed E-state index contributed by atoms with van der Waals surface area (Å²) in [6.07, 6.45) is 6.15. The highest BCUT2D eigenvalue weighted by Gasteiger charge is 2.33. The lowest BCUT2D eigenvalue weighted by Crippen LogP contribution is -2.28. The Hall–Kier alpha value is -1.84. The fourth-order valence-electron chi connectivity index (χ4n) is 2.88. The highest BCUT2D eigenvalue weighted by molar-refractivity contribution is 5.98. The van der Waals surface area contributed by atoms with Crippen LogP contribution < -0.4 is 0 Å². The normalized spacial score (nSPS) is 17.2. The molecule has 0 aromatic carbocycles. The summed E-state index contributed by atoms with van der Waals surface area (Å²) < 4.78 is 7.76. The van der Waals surface area contributed by atoms with Crippen LogP contribution in [0.1, 0.15) is 54.9 Å². The largest absolute Gasteiger partial charge is 0.444 e. The molecule has 0 unspecified atom stereocenters. The zero-order valence-electron chi connectivity index (χ0n) is 12.3. The van der Waals surface area contributed by atoms with E-state index in [1.807, 2.05) is 19.2 Å². The molecule has 0 bridgehead atoms. The van der Waals surface area contributed by atoms with Gasteiger partial charge in [0.25, 0.3) is 0 Å². The van der Waals surface area contributed by atoms with Crippen LogP contribution in [0.15, 0.2) is 22.9 Å². The van der Waals surface area contributed by atoms with Gasteiger partial charge in [-0.05, 0) is 17.9 Å². The number of hydrogen-bond donors (Lipinski definition) is 0. The molecule has 2 heterocycles. The molecule has 3 rings (SSSR count). The second-order valence-corrected chi connectivity index (χ2v) is 6.32. The lowest BCUT2D eigenvalue weighted by molar-refractivity contribution is 0.0910. The SMILES string of the molecule is CCc1cnc(Cn2ccc3c2CC(C)(C)CC3=O)o1. The van der Waals surface area contributed by atoms with Gasteiger partial charge >= 0.3 is 0 Å². The van der Waals surface area contributed by atoms with Gasteiger partial charge in [0.1, 0.15) is 5.76 Å². The van der Waals surface area contributed by atoms with E-state index in [0.29, 0.717) is 18.9 Å². The van der Waals surface area contributed by atoms with E-state index in [0.717, 1.165) is 29.9 Å². The predicted octanol–water partition coefficient (Wildman–Crippen LogP) is 3.24. The minimum atomic E-state index is 0.0331. The zero-order valence-corrected chi connectivity index (χ0v) is 12.3. The average molecular weight is 272 g/mol. The highest BCUT2D eigenvalue weighted by Crippen LogP contribution is 2.35. The summed E-state index contributed by atoms with van der Waals surface area (Å²) in [4.78, 5) is 16.5. The molecule has 20 heavy (non-hydrogen) atoms. The molecule has 0 aliphatic heterocycles. The molecule has 106 valence electrons. The van der Waals surface area contributed by atoms with Gasteiger partial charge in [-0.1, -0.05) is 20.8 Å². The molecule has 0 atom stereocenters. The van der Waals surface area contributed by atoms with Gasteiger partial charge in [0, 0.05) is 30.3 Å². The fraction of sp³-hybridized carbons (Fsp3) is 0.500. The molecule has 4 nitrogen and oxygen atoms in total. The number of Topliss-reactive ketones (excluding diaryl/α,β-unsaturated/α-hetero) is 1. The van der Waals surface area contributed by atoms with E-state index in [-0.39, 0.29) is 11.2 Å². The molecule has 0 N–H and O–H groups in total. The molecule has 1 aliphatic carbocycles. The summed E-state index contributed by atoms with van der Waals surface area (Å²) in [5.41, 5.74) is 2.01. The number of aryl methyl sites for hydroxylation is 1. The molecular formula is C16H20N2O2. The lowest BCUT2D eigenvalue weighted by atomic mass is 9.76. The molecule has 2 aromatic heterocycles. The van der Waals surface area contributed by atoms with E-state index in [2.05, 4.69) is 23.4 Å². The number of rotatable bonds is 3. The van der Waals surface area contributed by atoms with E-state index in [4.69, 9.17) is 4.42 Å². The number of carbonyl (C=O) groups is 1. The van der Waals surface area contributed by atoms with Crippen LogP contribution in [0.2, 0.25) is 0 Å². The summed E-state index contributed by atoms with van der Waals surface area (Å²) in [6, 6.07) is 1.93. The number of aromatic nitrogens is 2. The van der Waals surface area contributed by atoms with Crippen LogP contribution in [-0.4, -0.2) is 15.3 Å². The number of oxazole rings is 1. The van der Waals surface area contributed by atoms with Gasteiger partial charge in [-0.25, -0.2) is 4.98 Å². The monoisotopic (exact) mass is 272 g/mol. The Kier molecular flexibility index (Phi) is 3.04. The van der Waals surface area contributed by atoms with Crippen LogP contribution in [-0.2, 0) is 19.4 Å². The van der Waals surface area contributed by atoms with Crippen molar-refractivity contribution in [2.24, 2.45) is 5.41 Å². The highest BCUT2D eigenvalue weighted by atomic mass is 16.4. The van der Waals surface area contributed by atoms with E-state index in [1.54, 1.807) is 6.20 Å². The quantitative estimate of drug-likeness (QED) is 0.861. The molecule has 4 heteroatoms. The predicted molar refractivity (Wildman–Crippen MR) is 75.8 cm³/mol. The first kappa shape index (κ1) is 13.2. The number of carbonyl (C=O) groups excluding carboxylic acids is 1. The smallest absolute Gasteiger partial charge is 0.214 e. The Morgan fingerprint density at radius 1 is 1.40 bits per heavy atom. The standard InChI is InChI=1S/C16H20N2O2/c1-4-11-9-17-15(20-11)10-18-6-5-12-13(18)7-16(2,3)8-14(12)19/h5-6,9H,4,7-8,10H2,1-3H3. The number of ketones is 1. The van der Waals surface area contributed by atoms with Crippen LogP contribution in [0.4, 0.5) is 0 Å². The van der Waals surface area contributed by atoms with Crippen molar-refractivity contribution < 1.29 is 9.21 Å². The third kappa shape index (κ3) is 2.30. The first-order valence-corrected chi connectivity index (χ1v) is 7.13. The minimum absolute atomic E-state index is 0.0331. The Morgan fingerprint density at radius 3 is 2.90 bits per heavy atom. The Balaban J connectivity index is 1.90. The maximum Gasteiger partial charge on any atom is 0.214 e. The van der Waals surface area contributed by atoms with Crippen LogP contribution in [0.5, 0.6) is 0 Å². The molecule has 0 radical (unpaired) electrons. The van der Waals surface area contributed by atoms with E-state index in [1.165, 1.54) is 0 Å². The van der Waals surface area contributed by atoms with Crippen LogP contribution >= 0.6 is 0 Å². The lowest BCUT2D eigenvalue weighted by Gasteiger charge is -2.29. The molecule has 0 saturated heterocycles. The molecule has 0 fully saturated rings. The molecular weight excluding hydrogens is 252 g/mol. The van der Waals surface area contributed by atoms with Crippen molar-refractivity contribution in [1.82, 2.24) is 9.55 Å². The van der Waals surface area contributed by atoms with E-state index >= 15 is 0 Å². The first-order chi connectivity index (χ1) is 9.48. The summed E-state index contributed by atoms with van der Waals surface area (Å²) >= 11 is 0. The van der Waals surface area contributed by atoms with Gasteiger partial charge in [0.2, 0.25) is 5.89 Å². The van der Waals surface area contributed by atoms with Gasteiger partial charge in [-0.3, -0.25) is 4.79 Å². The van der Waals surface area contributed by atoms with Crippen molar-refractivity contribution in [3.63, 3.8) is 0 Å². The second-order valence-electron chi connectivity index (χ2n) is 6.32. The van der Waals surface area contributed by atoms with Crippen molar-refractivity contribution in [1.29, 1.82) is 0 Å². The van der Waals surface area contributed by atoms with E-state index in [9.17, 15) is 4.79 Å². The van der Waals surface area contributed by atoms with Crippen molar-refractivity contribution in [2.45, 2.75) is 46.6 Å². The topological polar surface area (TPSA) is 48.0 Å². The number of fused-ring (bicyclic) bond motifs is 1. The number of hydrogen-bond acceptors (Lipinski definition) is 3. The van der Waals surface area contributed by atoms with Crippen molar-refractivity contribution >= 4 is 5.78 Å². The summed E-state index contributed by atoms with van der Waals surface area (Å²) in [5.74, 6) is 1.85. The Labute approximate surface area is 118 Å². The Bertz CT molecular complexity index is 649. The first-order valence-electron chi connectivity index (χ1n) is 7.13.